The molecule has 0 aliphatic rings. The van der Waals surface area contributed by atoms with E-state index in [2.05, 4.69) is 36.3 Å². The molecule has 0 atom stereocenters. The van der Waals surface area contributed by atoms with Gasteiger partial charge in [0.1, 0.15) is 5.75 Å². The number of halogens is 1. The van der Waals surface area contributed by atoms with Crippen LogP contribution in [0.2, 0.25) is 0 Å². The Labute approximate surface area is 181 Å². The highest BCUT2D eigenvalue weighted by Crippen LogP contribution is 2.29. The summed E-state index contributed by atoms with van der Waals surface area (Å²) < 4.78 is 30.9. The van der Waals surface area contributed by atoms with Gasteiger partial charge in [-0.25, -0.2) is 18.1 Å². The van der Waals surface area contributed by atoms with Crippen LogP contribution in [0.3, 0.4) is 0 Å². The van der Waals surface area contributed by atoms with Crippen molar-refractivity contribution in [3.05, 3.63) is 33.7 Å². The summed E-state index contributed by atoms with van der Waals surface area (Å²) in [6.45, 7) is 4.43. The van der Waals surface area contributed by atoms with Crippen LogP contribution >= 0.6 is 27.3 Å². The van der Waals surface area contributed by atoms with Crippen LogP contribution in [0.4, 0.5) is 10.8 Å². The number of benzene rings is 1. The van der Waals surface area contributed by atoms with Gasteiger partial charge in [-0.05, 0) is 34.0 Å². The van der Waals surface area contributed by atoms with Gasteiger partial charge in [0, 0.05) is 0 Å². The average Bonchev–Trinajstić information content (AvgIpc) is 2.97. The zero-order valence-electron chi connectivity index (χ0n) is 16.0. The lowest BCUT2D eigenvalue weighted by Crippen LogP contribution is -2.29. The smallest absolute Gasteiger partial charge is 0.315 e. The summed E-state index contributed by atoms with van der Waals surface area (Å²) in [6, 6.07) is 6.82. The molecule has 0 fully saturated rings. The second kappa shape index (κ2) is 10.1. The maximum atomic E-state index is 12.3. The van der Waals surface area contributed by atoms with E-state index in [9.17, 15) is 18.0 Å². The fraction of sp³-hybridized carbons (Fsp3) is 0.353. The Hall–Kier alpha value is -2.02. The van der Waals surface area contributed by atoms with Gasteiger partial charge in [-0.1, -0.05) is 37.3 Å². The lowest BCUT2D eigenvalue weighted by atomic mass is 10.2. The highest BCUT2D eigenvalue weighted by Gasteiger charge is 2.19. The number of hydrogen-bond acceptors (Lipinski definition) is 7. The lowest BCUT2D eigenvalue weighted by molar-refractivity contribution is -0.133. The fourth-order valence-corrected chi connectivity index (χ4v) is 3.77. The molecule has 0 spiro atoms. The van der Waals surface area contributed by atoms with Crippen LogP contribution in [0.15, 0.2) is 28.1 Å². The number of carbonyl (C=O) groups excluding carboxylic acids is 2. The van der Waals surface area contributed by atoms with Crippen molar-refractivity contribution in [2.75, 3.05) is 23.5 Å². The molecule has 158 valence electrons. The van der Waals surface area contributed by atoms with Crippen LogP contribution < -0.4 is 20.1 Å². The van der Waals surface area contributed by atoms with Crippen molar-refractivity contribution in [2.24, 2.45) is 5.92 Å². The predicted octanol–water partition coefficient (Wildman–Crippen LogP) is 2.57. The summed E-state index contributed by atoms with van der Waals surface area (Å²) in [6.07, 6.45) is 1.03. The maximum absolute atomic E-state index is 12.3. The summed E-state index contributed by atoms with van der Waals surface area (Å²) in [4.78, 5) is 28.6. The third-order valence-electron chi connectivity index (χ3n) is 3.29. The maximum Gasteiger partial charge on any atom is 0.315 e. The lowest BCUT2D eigenvalue weighted by Gasteiger charge is -2.13. The van der Waals surface area contributed by atoms with Crippen molar-refractivity contribution in [3.8, 4) is 5.75 Å². The molecule has 2 rings (SSSR count). The first-order chi connectivity index (χ1) is 13.5. The minimum absolute atomic E-state index is 0.0431. The van der Waals surface area contributed by atoms with E-state index in [0.717, 1.165) is 17.6 Å². The number of nitrogens with one attached hydrogen (secondary N) is 3. The number of anilines is 2. The van der Waals surface area contributed by atoms with E-state index < -0.39 is 21.8 Å². The molecule has 0 saturated heterocycles. The number of rotatable bonds is 8. The molecule has 1 heterocycles. The number of amides is 2. The Balaban J connectivity index is 2.01. The average molecular weight is 505 g/mol. The number of sulfonamides is 1. The quantitative estimate of drug-likeness (QED) is 0.474. The second-order valence-corrected chi connectivity index (χ2v) is 10.6. The molecule has 0 saturated carbocycles. The Morgan fingerprint density at radius 3 is 2.52 bits per heavy atom. The van der Waals surface area contributed by atoms with Gasteiger partial charge in [0.25, 0.3) is 0 Å². The fourth-order valence-electron chi connectivity index (χ4n) is 1.98. The van der Waals surface area contributed by atoms with E-state index in [4.69, 9.17) is 4.74 Å². The topological polar surface area (TPSA) is 126 Å². The number of aromatic nitrogens is 1. The van der Waals surface area contributed by atoms with Crippen molar-refractivity contribution in [3.63, 3.8) is 0 Å². The molecular formula is C17H21BrN4O5S2. The minimum Gasteiger partial charge on any atom is -0.491 e. The van der Waals surface area contributed by atoms with Crippen molar-refractivity contribution < 1.29 is 22.7 Å². The summed E-state index contributed by atoms with van der Waals surface area (Å²) in [5, 5.41) is 5.08. The van der Waals surface area contributed by atoms with Crippen LogP contribution in [-0.4, -0.2) is 38.1 Å². The first kappa shape index (κ1) is 23.3. The van der Waals surface area contributed by atoms with E-state index in [1.807, 2.05) is 13.8 Å². The van der Waals surface area contributed by atoms with Crippen molar-refractivity contribution >= 4 is 59.9 Å². The molecule has 1 aromatic heterocycles. The first-order valence-electron chi connectivity index (χ1n) is 8.49. The van der Waals surface area contributed by atoms with Crippen LogP contribution in [-0.2, 0) is 26.2 Å². The molecule has 0 radical (unpaired) electrons. The van der Waals surface area contributed by atoms with Crippen molar-refractivity contribution in [1.29, 1.82) is 0 Å². The number of nitrogens with zero attached hydrogens (tertiary/aromatic N) is 1. The number of hydrogen-bond donors (Lipinski definition) is 3. The third kappa shape index (κ3) is 7.72. The summed E-state index contributed by atoms with van der Waals surface area (Å²) in [5.41, 5.74) is 0.773. The molecule has 0 unspecified atom stereocenters. The zero-order valence-corrected chi connectivity index (χ0v) is 19.2. The Bertz CT molecular complexity index is 991. The van der Waals surface area contributed by atoms with Gasteiger partial charge in [0.15, 0.2) is 5.13 Å². The van der Waals surface area contributed by atoms with Gasteiger partial charge < -0.3 is 10.1 Å². The standard InChI is InChI=1S/C17H21BrN4O5S2/c1-10(2)9-27-13-7-5-4-6-11(13)20-15(23)16(24)22-17-21-12(14(18)28-17)8-19-29(3,25)26/h4-7,10,19H,8-9H2,1-3H3,(H,20,23)(H,21,22,24). The summed E-state index contributed by atoms with van der Waals surface area (Å²) in [7, 11) is -3.38. The zero-order chi connectivity index (χ0) is 21.6. The van der Waals surface area contributed by atoms with E-state index in [1.165, 1.54) is 0 Å². The molecule has 0 aliphatic heterocycles. The predicted molar refractivity (Wildman–Crippen MR) is 116 cm³/mol. The minimum atomic E-state index is -3.38. The van der Waals surface area contributed by atoms with Gasteiger partial charge in [0.05, 0.1) is 34.6 Å². The molecule has 3 N–H and O–H groups in total. The van der Waals surface area contributed by atoms with Crippen LogP contribution in [0.5, 0.6) is 5.75 Å². The molecule has 1 aromatic carbocycles. The highest BCUT2D eigenvalue weighted by molar-refractivity contribution is 9.11. The molecule has 0 aliphatic carbocycles. The number of para-hydroxylation sites is 2. The molecule has 12 heteroatoms. The van der Waals surface area contributed by atoms with Gasteiger partial charge >= 0.3 is 11.8 Å². The second-order valence-electron chi connectivity index (χ2n) is 6.44. The van der Waals surface area contributed by atoms with E-state index >= 15 is 0 Å². The van der Waals surface area contributed by atoms with Crippen LogP contribution in [0.1, 0.15) is 19.5 Å². The van der Waals surface area contributed by atoms with E-state index in [-0.39, 0.29) is 11.7 Å². The molecular weight excluding hydrogens is 484 g/mol. The first-order valence-corrected chi connectivity index (χ1v) is 12.0. The van der Waals surface area contributed by atoms with E-state index in [1.54, 1.807) is 24.3 Å². The SMILES string of the molecule is CC(C)COc1ccccc1NC(=O)C(=O)Nc1nc(CNS(C)(=O)=O)c(Br)s1. The van der Waals surface area contributed by atoms with Gasteiger partial charge in [-0.2, -0.15) is 0 Å². The third-order valence-corrected chi connectivity index (χ3v) is 5.70. The van der Waals surface area contributed by atoms with Crippen molar-refractivity contribution in [1.82, 2.24) is 9.71 Å². The molecule has 0 bridgehead atoms. The van der Waals surface area contributed by atoms with Crippen LogP contribution in [0.25, 0.3) is 0 Å². The van der Waals surface area contributed by atoms with Gasteiger partial charge in [0.2, 0.25) is 10.0 Å². The largest absolute Gasteiger partial charge is 0.491 e. The number of carbonyl (C=O) groups is 2. The van der Waals surface area contributed by atoms with Gasteiger partial charge in [-0.3, -0.25) is 14.9 Å². The monoisotopic (exact) mass is 504 g/mol. The Kier molecular flexibility index (Phi) is 8.14. The summed E-state index contributed by atoms with van der Waals surface area (Å²) >= 11 is 4.32. The molecule has 2 amide bonds. The molecule has 2 aromatic rings. The Morgan fingerprint density at radius 2 is 1.86 bits per heavy atom. The molecule has 9 nitrogen and oxygen atoms in total. The normalized spacial score (nSPS) is 11.3. The highest BCUT2D eigenvalue weighted by atomic mass is 79.9. The molecule has 29 heavy (non-hydrogen) atoms. The van der Waals surface area contributed by atoms with Crippen molar-refractivity contribution in [2.45, 2.75) is 20.4 Å². The number of ether oxygens (including phenoxy) is 1. The summed E-state index contributed by atoms with van der Waals surface area (Å²) in [5.74, 6) is -1.02. The van der Waals surface area contributed by atoms with Gasteiger partial charge in [-0.15, -0.1) is 0 Å². The van der Waals surface area contributed by atoms with Crippen LogP contribution in [0, 0.1) is 5.92 Å². The van der Waals surface area contributed by atoms with E-state index in [0.29, 0.717) is 33.4 Å². The number of thiazole rings is 1. The Morgan fingerprint density at radius 1 is 1.21 bits per heavy atom.